The molecule has 0 atom stereocenters. The van der Waals surface area contributed by atoms with Gasteiger partial charge >= 0.3 is 5.76 Å². The first-order chi connectivity index (χ1) is 11.1. The van der Waals surface area contributed by atoms with Gasteiger partial charge in [-0.05, 0) is 48.2 Å². The summed E-state index contributed by atoms with van der Waals surface area (Å²) in [7, 11) is 0. The van der Waals surface area contributed by atoms with Gasteiger partial charge in [-0.2, -0.15) is 0 Å². The van der Waals surface area contributed by atoms with Gasteiger partial charge in [0.25, 0.3) is 0 Å². The zero-order chi connectivity index (χ0) is 16.4. The van der Waals surface area contributed by atoms with Crippen LogP contribution in [0.2, 0.25) is 0 Å². The van der Waals surface area contributed by atoms with Gasteiger partial charge in [0.05, 0.1) is 12.1 Å². The number of aryl methyl sites for hydroxylation is 1. The lowest BCUT2D eigenvalue weighted by molar-refractivity contribution is 0.294. The Kier molecular flexibility index (Phi) is 4.24. The molecule has 0 fully saturated rings. The minimum atomic E-state index is -0.346. The smallest absolute Gasteiger partial charge is 0.420 e. The monoisotopic (exact) mass is 311 g/mol. The third-order valence-corrected chi connectivity index (χ3v) is 4.02. The van der Waals surface area contributed by atoms with Gasteiger partial charge in [-0.3, -0.25) is 4.57 Å². The number of hydrogen-bond acceptors (Lipinski definition) is 3. The molecule has 0 aliphatic heterocycles. The Morgan fingerprint density at radius 3 is 2.70 bits per heavy atom. The molecular weight excluding hydrogens is 290 g/mol. The Bertz CT molecular complexity index is 874. The van der Waals surface area contributed by atoms with E-state index in [9.17, 15) is 4.79 Å². The van der Waals surface area contributed by atoms with E-state index >= 15 is 0 Å². The summed E-state index contributed by atoms with van der Waals surface area (Å²) in [6, 6.07) is 13.6. The third kappa shape index (κ3) is 3.16. The molecule has 1 heterocycles. The lowest BCUT2D eigenvalue weighted by Crippen LogP contribution is -2.18. The lowest BCUT2D eigenvalue weighted by Gasteiger charge is -2.12. The van der Waals surface area contributed by atoms with E-state index in [2.05, 4.69) is 26.8 Å². The van der Waals surface area contributed by atoms with Crippen LogP contribution >= 0.6 is 0 Å². The second kappa shape index (κ2) is 6.32. The van der Waals surface area contributed by atoms with E-state index in [1.165, 1.54) is 11.1 Å². The van der Waals surface area contributed by atoms with Crippen molar-refractivity contribution >= 4 is 11.1 Å². The highest BCUT2D eigenvalue weighted by Crippen LogP contribution is 2.23. The number of hydrogen-bond donors (Lipinski definition) is 0. The number of rotatable bonds is 5. The van der Waals surface area contributed by atoms with Crippen molar-refractivity contribution in [3.8, 4) is 5.75 Å². The van der Waals surface area contributed by atoms with Gasteiger partial charge in [0.1, 0.15) is 12.4 Å². The first-order valence-electron chi connectivity index (χ1n) is 7.88. The molecule has 0 unspecified atom stereocenters. The van der Waals surface area contributed by atoms with E-state index in [1.807, 2.05) is 30.3 Å². The van der Waals surface area contributed by atoms with E-state index in [0.29, 0.717) is 24.7 Å². The summed E-state index contributed by atoms with van der Waals surface area (Å²) >= 11 is 0. The Balaban J connectivity index is 1.71. The summed E-state index contributed by atoms with van der Waals surface area (Å²) in [5.74, 6) is 0.980. The molecular formula is C19H21NO3. The Morgan fingerprint density at radius 2 is 1.96 bits per heavy atom. The fourth-order valence-corrected chi connectivity index (χ4v) is 2.87. The van der Waals surface area contributed by atoms with Crippen molar-refractivity contribution in [3.05, 3.63) is 64.1 Å². The van der Waals surface area contributed by atoms with Gasteiger partial charge in [-0.15, -0.1) is 0 Å². The summed E-state index contributed by atoms with van der Waals surface area (Å²) in [5.41, 5.74) is 3.96. The van der Waals surface area contributed by atoms with Gasteiger partial charge < -0.3 is 9.15 Å². The molecule has 0 saturated heterocycles. The minimum absolute atomic E-state index is 0.346. The molecule has 0 aliphatic rings. The number of nitrogens with zero attached hydrogens (tertiary/aromatic N) is 1. The molecule has 0 aliphatic carbocycles. The first-order valence-corrected chi connectivity index (χ1v) is 7.88. The fourth-order valence-electron chi connectivity index (χ4n) is 2.87. The van der Waals surface area contributed by atoms with Crippen LogP contribution in [0, 0.1) is 6.92 Å². The van der Waals surface area contributed by atoms with Crippen LogP contribution < -0.4 is 10.5 Å². The van der Waals surface area contributed by atoms with Crippen molar-refractivity contribution in [2.75, 3.05) is 6.61 Å². The second-order valence-electron chi connectivity index (χ2n) is 6.01. The third-order valence-electron chi connectivity index (χ3n) is 4.02. The SMILES string of the molecule is Cc1cc(OCCn2c(=O)oc3ccccc32)ccc1C(C)C. The molecule has 0 N–H and O–H groups in total. The molecule has 2 aromatic carbocycles. The molecule has 120 valence electrons. The quantitative estimate of drug-likeness (QED) is 0.712. The summed E-state index contributed by atoms with van der Waals surface area (Å²) < 4.78 is 12.6. The van der Waals surface area contributed by atoms with E-state index in [4.69, 9.17) is 9.15 Å². The zero-order valence-corrected chi connectivity index (χ0v) is 13.7. The molecule has 0 amide bonds. The van der Waals surface area contributed by atoms with Crippen LogP contribution in [0.5, 0.6) is 5.75 Å². The van der Waals surface area contributed by atoms with E-state index in [-0.39, 0.29) is 5.76 Å². The van der Waals surface area contributed by atoms with Crippen LogP contribution in [0.25, 0.3) is 11.1 Å². The maximum absolute atomic E-state index is 11.9. The topological polar surface area (TPSA) is 44.4 Å². The van der Waals surface area contributed by atoms with Crippen molar-refractivity contribution < 1.29 is 9.15 Å². The second-order valence-corrected chi connectivity index (χ2v) is 6.01. The van der Waals surface area contributed by atoms with E-state index in [0.717, 1.165) is 11.3 Å². The summed E-state index contributed by atoms with van der Waals surface area (Å²) in [5, 5.41) is 0. The predicted molar refractivity (Wildman–Crippen MR) is 91.2 cm³/mol. The Morgan fingerprint density at radius 1 is 1.17 bits per heavy atom. The van der Waals surface area contributed by atoms with Crippen LogP contribution in [-0.4, -0.2) is 11.2 Å². The van der Waals surface area contributed by atoms with Crippen molar-refractivity contribution in [2.24, 2.45) is 0 Å². The number of aromatic nitrogens is 1. The van der Waals surface area contributed by atoms with Crippen LogP contribution in [0.4, 0.5) is 0 Å². The summed E-state index contributed by atoms with van der Waals surface area (Å²) in [4.78, 5) is 11.9. The number of ether oxygens (including phenoxy) is 1. The number of oxazole rings is 1. The van der Waals surface area contributed by atoms with Gasteiger partial charge in [-0.1, -0.05) is 32.0 Å². The number of fused-ring (bicyclic) bond motifs is 1. The highest BCUT2D eigenvalue weighted by Gasteiger charge is 2.09. The number of para-hydroxylation sites is 2. The fraction of sp³-hybridized carbons (Fsp3) is 0.316. The van der Waals surface area contributed by atoms with Crippen LogP contribution in [0.3, 0.4) is 0 Å². The lowest BCUT2D eigenvalue weighted by atomic mass is 9.98. The van der Waals surface area contributed by atoms with Crippen LogP contribution in [-0.2, 0) is 6.54 Å². The van der Waals surface area contributed by atoms with Gasteiger partial charge in [-0.25, -0.2) is 4.79 Å². The highest BCUT2D eigenvalue weighted by atomic mass is 16.5. The van der Waals surface area contributed by atoms with Crippen molar-refractivity contribution in [3.63, 3.8) is 0 Å². The summed E-state index contributed by atoms with van der Waals surface area (Å²) in [6.45, 7) is 7.33. The van der Waals surface area contributed by atoms with Crippen LogP contribution in [0.1, 0.15) is 30.9 Å². The maximum Gasteiger partial charge on any atom is 0.420 e. The Labute approximate surface area is 135 Å². The molecule has 3 aromatic rings. The molecule has 0 radical (unpaired) electrons. The molecule has 4 heteroatoms. The van der Waals surface area contributed by atoms with Crippen molar-refractivity contribution in [1.82, 2.24) is 4.57 Å². The van der Waals surface area contributed by atoms with Crippen molar-refractivity contribution in [1.29, 1.82) is 0 Å². The number of benzene rings is 2. The molecule has 3 rings (SSSR count). The average Bonchev–Trinajstić information content (AvgIpc) is 2.83. The first kappa shape index (κ1) is 15.4. The molecule has 4 nitrogen and oxygen atoms in total. The normalized spacial score (nSPS) is 11.3. The zero-order valence-electron chi connectivity index (χ0n) is 13.7. The standard InChI is InChI=1S/C19H21NO3/c1-13(2)16-9-8-15(12-14(16)3)22-11-10-20-17-6-4-5-7-18(17)23-19(20)21/h4-9,12-13H,10-11H2,1-3H3. The molecule has 23 heavy (non-hydrogen) atoms. The molecule has 0 spiro atoms. The predicted octanol–water partition coefficient (Wildman–Crippen LogP) is 4.11. The largest absolute Gasteiger partial charge is 0.492 e. The summed E-state index contributed by atoms with van der Waals surface area (Å²) in [6.07, 6.45) is 0. The van der Waals surface area contributed by atoms with Crippen molar-refractivity contribution in [2.45, 2.75) is 33.2 Å². The van der Waals surface area contributed by atoms with Gasteiger partial charge in [0.2, 0.25) is 0 Å². The maximum atomic E-state index is 11.9. The molecule has 0 bridgehead atoms. The minimum Gasteiger partial charge on any atom is -0.492 e. The highest BCUT2D eigenvalue weighted by molar-refractivity contribution is 5.72. The van der Waals surface area contributed by atoms with Crippen LogP contribution in [0.15, 0.2) is 51.7 Å². The average molecular weight is 311 g/mol. The molecule has 1 aromatic heterocycles. The van der Waals surface area contributed by atoms with E-state index < -0.39 is 0 Å². The van der Waals surface area contributed by atoms with Gasteiger partial charge in [0, 0.05) is 0 Å². The van der Waals surface area contributed by atoms with Gasteiger partial charge in [0.15, 0.2) is 5.58 Å². The Hall–Kier alpha value is -2.49. The van der Waals surface area contributed by atoms with E-state index in [1.54, 1.807) is 10.6 Å². The molecule has 0 saturated carbocycles.